The Kier molecular flexibility index (Phi) is 5.03. The van der Waals surface area contributed by atoms with Crippen molar-refractivity contribution in [1.82, 2.24) is 10.3 Å². The van der Waals surface area contributed by atoms with Gasteiger partial charge in [-0.3, -0.25) is 9.78 Å². The number of amides is 1. The van der Waals surface area contributed by atoms with E-state index in [-0.39, 0.29) is 29.1 Å². The standard InChI is InChI=1S/C18H21N3O3S/c1-13-4-2-3-5-14(13)11-20-15-6-8-19-17(10-15)18(22)21-16-7-9-25(23,24)12-16/h2-6,8,10,16H,7,9,11-12H2,1H3,(H,19,20)(H,21,22). The van der Waals surface area contributed by atoms with Crippen LogP contribution in [-0.2, 0) is 16.4 Å². The van der Waals surface area contributed by atoms with Gasteiger partial charge in [0.2, 0.25) is 0 Å². The Labute approximate surface area is 147 Å². The Bertz CT molecular complexity index is 881. The smallest absolute Gasteiger partial charge is 0.270 e. The number of pyridine rings is 1. The molecule has 1 atom stereocenters. The number of aromatic nitrogens is 1. The van der Waals surface area contributed by atoms with Gasteiger partial charge in [0.05, 0.1) is 11.5 Å². The summed E-state index contributed by atoms with van der Waals surface area (Å²) in [4.78, 5) is 16.4. The maximum atomic E-state index is 12.3. The molecule has 2 aromatic rings. The SMILES string of the molecule is Cc1ccccc1CNc1ccnc(C(=O)NC2CCS(=O)(=O)C2)c1. The second-order valence-electron chi connectivity index (χ2n) is 6.28. The van der Waals surface area contributed by atoms with Crippen LogP contribution in [-0.4, -0.2) is 36.9 Å². The Morgan fingerprint density at radius 2 is 2.08 bits per heavy atom. The van der Waals surface area contributed by atoms with Gasteiger partial charge in [-0.15, -0.1) is 0 Å². The molecule has 1 fully saturated rings. The zero-order valence-corrected chi connectivity index (χ0v) is 14.8. The van der Waals surface area contributed by atoms with Crippen LogP contribution < -0.4 is 10.6 Å². The first-order chi connectivity index (χ1) is 11.9. The molecular weight excluding hydrogens is 338 g/mol. The van der Waals surface area contributed by atoms with Crippen LogP contribution in [0, 0.1) is 6.92 Å². The third-order valence-corrected chi connectivity index (χ3v) is 6.07. The molecule has 132 valence electrons. The molecule has 3 rings (SSSR count). The number of aryl methyl sites for hydroxylation is 1. The first-order valence-electron chi connectivity index (χ1n) is 8.19. The van der Waals surface area contributed by atoms with Crippen molar-refractivity contribution in [1.29, 1.82) is 0 Å². The third kappa shape index (κ3) is 4.57. The van der Waals surface area contributed by atoms with E-state index in [1.165, 1.54) is 11.1 Å². The molecule has 2 heterocycles. The van der Waals surface area contributed by atoms with Gasteiger partial charge in [0.1, 0.15) is 5.69 Å². The van der Waals surface area contributed by atoms with E-state index < -0.39 is 9.84 Å². The van der Waals surface area contributed by atoms with Crippen LogP contribution >= 0.6 is 0 Å². The summed E-state index contributed by atoms with van der Waals surface area (Å²) in [5.41, 5.74) is 3.45. The fourth-order valence-electron chi connectivity index (χ4n) is 2.84. The second kappa shape index (κ2) is 7.23. The molecule has 2 N–H and O–H groups in total. The summed E-state index contributed by atoms with van der Waals surface area (Å²) in [6.45, 7) is 2.71. The lowest BCUT2D eigenvalue weighted by Gasteiger charge is -2.12. The largest absolute Gasteiger partial charge is 0.381 e. The predicted octanol–water partition coefficient (Wildman–Crippen LogP) is 1.92. The minimum Gasteiger partial charge on any atom is -0.381 e. The van der Waals surface area contributed by atoms with E-state index >= 15 is 0 Å². The molecule has 1 saturated heterocycles. The van der Waals surface area contributed by atoms with Crippen LogP contribution in [0.15, 0.2) is 42.6 Å². The molecule has 1 unspecified atom stereocenters. The average molecular weight is 359 g/mol. The molecule has 1 aliphatic rings. The van der Waals surface area contributed by atoms with E-state index in [1.807, 2.05) is 12.1 Å². The highest BCUT2D eigenvalue weighted by Gasteiger charge is 2.29. The Hall–Kier alpha value is -2.41. The highest BCUT2D eigenvalue weighted by Crippen LogP contribution is 2.15. The van der Waals surface area contributed by atoms with Gasteiger partial charge < -0.3 is 10.6 Å². The highest BCUT2D eigenvalue weighted by molar-refractivity contribution is 7.91. The van der Waals surface area contributed by atoms with E-state index in [0.29, 0.717) is 13.0 Å². The molecule has 1 amide bonds. The number of carbonyl (C=O) groups excluding carboxylic acids is 1. The van der Waals surface area contributed by atoms with Gasteiger partial charge in [-0.25, -0.2) is 8.42 Å². The van der Waals surface area contributed by atoms with Gasteiger partial charge in [0, 0.05) is 24.5 Å². The summed E-state index contributed by atoms with van der Waals surface area (Å²) in [6, 6.07) is 11.2. The molecule has 1 aromatic carbocycles. The maximum absolute atomic E-state index is 12.3. The van der Waals surface area contributed by atoms with Crippen molar-refractivity contribution >= 4 is 21.4 Å². The van der Waals surface area contributed by atoms with Crippen LogP contribution in [0.5, 0.6) is 0 Å². The number of rotatable bonds is 5. The number of hydrogen-bond acceptors (Lipinski definition) is 5. The molecule has 0 saturated carbocycles. The zero-order valence-electron chi connectivity index (χ0n) is 14.0. The van der Waals surface area contributed by atoms with Gasteiger partial charge in [-0.1, -0.05) is 24.3 Å². The highest BCUT2D eigenvalue weighted by atomic mass is 32.2. The quantitative estimate of drug-likeness (QED) is 0.851. The normalized spacial score (nSPS) is 18.7. The summed E-state index contributed by atoms with van der Waals surface area (Å²) in [6.07, 6.45) is 2.03. The van der Waals surface area contributed by atoms with Crippen molar-refractivity contribution in [3.05, 3.63) is 59.4 Å². The van der Waals surface area contributed by atoms with Crippen molar-refractivity contribution in [2.45, 2.75) is 25.9 Å². The third-order valence-electron chi connectivity index (χ3n) is 4.30. The van der Waals surface area contributed by atoms with Gasteiger partial charge >= 0.3 is 0 Å². The van der Waals surface area contributed by atoms with E-state index in [1.54, 1.807) is 18.3 Å². The first-order valence-corrected chi connectivity index (χ1v) is 10.0. The van der Waals surface area contributed by atoms with Crippen molar-refractivity contribution < 1.29 is 13.2 Å². The van der Waals surface area contributed by atoms with Crippen molar-refractivity contribution in [2.24, 2.45) is 0 Å². The average Bonchev–Trinajstić information content (AvgIpc) is 2.93. The summed E-state index contributed by atoms with van der Waals surface area (Å²) in [5.74, 6) is -0.213. The number of carbonyl (C=O) groups is 1. The van der Waals surface area contributed by atoms with Crippen molar-refractivity contribution in [3.8, 4) is 0 Å². The van der Waals surface area contributed by atoms with Gasteiger partial charge in [0.15, 0.2) is 9.84 Å². The lowest BCUT2D eigenvalue weighted by atomic mass is 10.1. The molecular formula is C18H21N3O3S. The number of hydrogen-bond donors (Lipinski definition) is 2. The van der Waals surface area contributed by atoms with E-state index in [9.17, 15) is 13.2 Å². The van der Waals surface area contributed by atoms with Crippen LogP contribution in [0.2, 0.25) is 0 Å². The van der Waals surface area contributed by atoms with Gasteiger partial charge in [-0.2, -0.15) is 0 Å². The number of sulfone groups is 1. The second-order valence-corrected chi connectivity index (χ2v) is 8.51. The summed E-state index contributed by atoms with van der Waals surface area (Å²) in [7, 11) is -3.02. The van der Waals surface area contributed by atoms with Crippen molar-refractivity contribution in [2.75, 3.05) is 16.8 Å². The van der Waals surface area contributed by atoms with E-state index in [2.05, 4.69) is 34.7 Å². The van der Waals surface area contributed by atoms with Gasteiger partial charge in [0.25, 0.3) is 5.91 Å². The van der Waals surface area contributed by atoms with Gasteiger partial charge in [-0.05, 0) is 36.6 Å². The molecule has 0 spiro atoms. The fourth-order valence-corrected chi connectivity index (χ4v) is 4.51. The van der Waals surface area contributed by atoms with E-state index in [4.69, 9.17) is 0 Å². The minimum atomic E-state index is -3.02. The summed E-state index contributed by atoms with van der Waals surface area (Å²) < 4.78 is 23.0. The van der Waals surface area contributed by atoms with Crippen LogP contribution in [0.4, 0.5) is 5.69 Å². The number of benzene rings is 1. The summed E-state index contributed by atoms with van der Waals surface area (Å²) in [5, 5.41) is 6.04. The topological polar surface area (TPSA) is 88.2 Å². The predicted molar refractivity (Wildman–Crippen MR) is 97.3 cm³/mol. The maximum Gasteiger partial charge on any atom is 0.270 e. The van der Waals surface area contributed by atoms with Crippen molar-refractivity contribution in [3.63, 3.8) is 0 Å². The fraction of sp³-hybridized carbons (Fsp3) is 0.333. The Balaban J connectivity index is 1.63. The molecule has 0 bridgehead atoms. The Morgan fingerprint density at radius 1 is 1.28 bits per heavy atom. The molecule has 7 heteroatoms. The minimum absolute atomic E-state index is 0.00393. The molecule has 0 radical (unpaired) electrons. The molecule has 6 nitrogen and oxygen atoms in total. The van der Waals surface area contributed by atoms with Crippen LogP contribution in [0.3, 0.4) is 0 Å². The number of anilines is 1. The monoisotopic (exact) mass is 359 g/mol. The molecule has 0 aliphatic carbocycles. The summed E-state index contributed by atoms with van der Waals surface area (Å²) >= 11 is 0. The Morgan fingerprint density at radius 3 is 2.80 bits per heavy atom. The van der Waals surface area contributed by atoms with Crippen LogP contribution in [0.1, 0.15) is 28.0 Å². The molecule has 1 aliphatic heterocycles. The lowest BCUT2D eigenvalue weighted by molar-refractivity contribution is 0.0936. The zero-order chi connectivity index (χ0) is 17.9. The number of nitrogens with one attached hydrogen (secondary N) is 2. The van der Waals surface area contributed by atoms with E-state index in [0.717, 1.165) is 5.69 Å². The van der Waals surface area contributed by atoms with Crippen LogP contribution in [0.25, 0.3) is 0 Å². The molecule has 25 heavy (non-hydrogen) atoms. The first kappa shape index (κ1) is 17.4. The lowest BCUT2D eigenvalue weighted by Crippen LogP contribution is -2.36. The molecule has 1 aromatic heterocycles. The number of nitrogens with zero attached hydrogens (tertiary/aromatic N) is 1.